The minimum Gasteiger partial charge on any atom is -0.466 e. The van der Waals surface area contributed by atoms with Gasteiger partial charge in [0.15, 0.2) is 12.2 Å². The normalized spacial score (nSPS) is 23.5. The molecule has 0 aromatic heterocycles. The van der Waals surface area contributed by atoms with Gasteiger partial charge in [0.25, 0.3) is 0 Å². The molecule has 1 aliphatic heterocycles. The number of carbonyl (C=O) groups excluding carboxylic acids is 6. The topological polar surface area (TPSA) is 170 Å². The second kappa shape index (κ2) is 14.7. The van der Waals surface area contributed by atoms with Crippen LogP contribution in [0.5, 0.6) is 0 Å². The predicted molar refractivity (Wildman–Crippen MR) is 137 cm³/mol. The lowest BCUT2D eigenvalue weighted by molar-refractivity contribution is -0.224. The van der Waals surface area contributed by atoms with Gasteiger partial charge in [0.2, 0.25) is 10.8 Å². The maximum atomic E-state index is 13.3. The number of nitrogens with one attached hydrogen (secondary N) is 1. The Balaban J connectivity index is 2.76. The number of benzene rings is 1. The van der Waals surface area contributed by atoms with E-state index in [-0.39, 0.29) is 6.42 Å². The Morgan fingerprint density at radius 2 is 1.57 bits per heavy atom. The smallest absolute Gasteiger partial charge is 0.349 e. The zero-order valence-corrected chi connectivity index (χ0v) is 23.8. The molecule has 1 heterocycles. The summed E-state index contributed by atoms with van der Waals surface area (Å²) >= 11 is 0.946. The molecular formula is C26H33NO12S. The van der Waals surface area contributed by atoms with Crippen LogP contribution >= 0.6 is 11.8 Å². The van der Waals surface area contributed by atoms with Crippen LogP contribution < -0.4 is 5.32 Å². The number of ether oxygens (including phenoxy) is 6. The first-order valence-corrected chi connectivity index (χ1v) is 13.0. The minimum absolute atomic E-state index is 0.283. The number of hydrogen-bond donors (Lipinski definition) is 1. The Kier molecular flexibility index (Phi) is 11.9. The highest BCUT2D eigenvalue weighted by atomic mass is 32.2. The van der Waals surface area contributed by atoms with Crippen molar-refractivity contribution >= 4 is 47.5 Å². The third-order valence-corrected chi connectivity index (χ3v) is 6.79. The number of esters is 5. The molecule has 1 saturated heterocycles. The van der Waals surface area contributed by atoms with Gasteiger partial charge in [0, 0.05) is 45.9 Å². The molecule has 220 valence electrons. The minimum atomic E-state index is -1.89. The number of amides is 1. The molecule has 1 fully saturated rings. The summed E-state index contributed by atoms with van der Waals surface area (Å²) in [5.74, 6) is -4.54. The molecule has 14 heteroatoms. The standard InChI is InChI=1S/C26H33NO12S/c1-14(28)27-22-20(36-16(3)30)12-26(25(33)34-6,40-19-10-8-7-9-11-19)39-24(22)23(38-18(5)32)21(37-17(4)31)13-35-15(2)29/h7-11,20-24H,12-13H2,1-6H3,(H,27,28)/t20?,21?,22?,23?,24?,26-/m0/s1. The molecule has 1 aromatic carbocycles. The Morgan fingerprint density at radius 3 is 2.08 bits per heavy atom. The molecule has 0 saturated carbocycles. The van der Waals surface area contributed by atoms with Crippen LogP contribution in [0, 0.1) is 0 Å². The molecule has 1 amide bonds. The molecule has 40 heavy (non-hydrogen) atoms. The van der Waals surface area contributed by atoms with Crippen molar-refractivity contribution in [1.29, 1.82) is 0 Å². The van der Waals surface area contributed by atoms with Gasteiger partial charge < -0.3 is 33.7 Å². The highest BCUT2D eigenvalue weighted by Crippen LogP contribution is 2.45. The summed E-state index contributed by atoms with van der Waals surface area (Å²) in [7, 11) is 1.14. The first kappa shape index (κ1) is 32.6. The summed E-state index contributed by atoms with van der Waals surface area (Å²) in [6.07, 6.45) is -5.98. The van der Waals surface area contributed by atoms with E-state index >= 15 is 0 Å². The lowest BCUT2D eigenvalue weighted by atomic mass is 9.89. The lowest BCUT2D eigenvalue weighted by Gasteiger charge is -2.48. The van der Waals surface area contributed by atoms with Gasteiger partial charge in [-0.05, 0) is 12.1 Å². The van der Waals surface area contributed by atoms with Crippen LogP contribution in [0.1, 0.15) is 41.0 Å². The summed E-state index contributed by atoms with van der Waals surface area (Å²) in [6.45, 7) is 5.07. The zero-order valence-electron chi connectivity index (χ0n) is 23.0. The average Bonchev–Trinajstić information content (AvgIpc) is 2.85. The summed E-state index contributed by atoms with van der Waals surface area (Å²) in [6, 6.07) is 7.43. The largest absolute Gasteiger partial charge is 0.466 e. The molecule has 0 bridgehead atoms. The molecule has 0 aliphatic carbocycles. The van der Waals surface area contributed by atoms with Gasteiger partial charge in [0.05, 0.1) is 13.2 Å². The van der Waals surface area contributed by atoms with E-state index in [0.717, 1.165) is 46.6 Å². The second-order valence-corrected chi connectivity index (χ2v) is 10.2. The van der Waals surface area contributed by atoms with E-state index in [4.69, 9.17) is 28.4 Å². The fourth-order valence-corrected chi connectivity index (χ4v) is 5.43. The Labute approximate surface area is 235 Å². The highest BCUT2D eigenvalue weighted by molar-refractivity contribution is 8.01. The molecule has 5 unspecified atom stereocenters. The number of rotatable bonds is 11. The highest BCUT2D eigenvalue weighted by Gasteiger charge is 2.58. The first-order valence-electron chi connectivity index (χ1n) is 12.2. The average molecular weight is 584 g/mol. The fraction of sp³-hybridized carbons (Fsp3) is 0.538. The number of methoxy groups -OCH3 is 1. The molecule has 1 aliphatic rings. The third-order valence-electron chi connectivity index (χ3n) is 5.52. The number of carbonyl (C=O) groups is 6. The van der Waals surface area contributed by atoms with E-state index in [1.165, 1.54) is 6.92 Å². The van der Waals surface area contributed by atoms with Gasteiger partial charge in [0.1, 0.15) is 18.8 Å². The Bertz CT molecular complexity index is 1100. The van der Waals surface area contributed by atoms with Gasteiger partial charge >= 0.3 is 29.8 Å². The van der Waals surface area contributed by atoms with Crippen molar-refractivity contribution < 1.29 is 57.2 Å². The van der Waals surface area contributed by atoms with Gasteiger partial charge in [-0.1, -0.05) is 30.0 Å². The molecule has 0 radical (unpaired) electrons. The van der Waals surface area contributed by atoms with Gasteiger partial charge in [-0.2, -0.15) is 0 Å². The summed E-state index contributed by atoms with van der Waals surface area (Å²) < 4.78 is 32.9. The SMILES string of the molecule is COC(=O)[C@@]1(Sc2ccccc2)CC(OC(C)=O)C(NC(C)=O)C(C(OC(C)=O)C(COC(C)=O)OC(C)=O)O1. The monoisotopic (exact) mass is 583 g/mol. The van der Waals surface area contributed by atoms with E-state index in [9.17, 15) is 28.8 Å². The zero-order chi connectivity index (χ0) is 30.0. The quantitative estimate of drug-likeness (QED) is 0.292. The summed E-state index contributed by atoms with van der Waals surface area (Å²) in [5.41, 5.74) is 0. The van der Waals surface area contributed by atoms with Crippen LogP contribution in [-0.2, 0) is 57.2 Å². The van der Waals surface area contributed by atoms with Gasteiger partial charge in [-0.25, -0.2) is 4.79 Å². The van der Waals surface area contributed by atoms with Crippen molar-refractivity contribution in [2.75, 3.05) is 13.7 Å². The van der Waals surface area contributed by atoms with Crippen molar-refractivity contribution in [1.82, 2.24) is 5.32 Å². The van der Waals surface area contributed by atoms with E-state index in [1.807, 2.05) is 0 Å². The van der Waals surface area contributed by atoms with Crippen LogP contribution in [0.15, 0.2) is 35.2 Å². The molecular weight excluding hydrogens is 550 g/mol. The van der Waals surface area contributed by atoms with Gasteiger partial charge in [-0.15, -0.1) is 0 Å². The van der Waals surface area contributed by atoms with Crippen molar-refractivity contribution in [3.8, 4) is 0 Å². The van der Waals surface area contributed by atoms with E-state index in [1.54, 1.807) is 30.3 Å². The molecule has 1 N–H and O–H groups in total. The van der Waals surface area contributed by atoms with Gasteiger partial charge in [-0.3, -0.25) is 24.0 Å². The molecule has 1 aromatic rings. The molecule has 13 nitrogen and oxygen atoms in total. The lowest BCUT2D eigenvalue weighted by Crippen LogP contribution is -2.68. The van der Waals surface area contributed by atoms with Crippen LogP contribution in [-0.4, -0.2) is 84.9 Å². The van der Waals surface area contributed by atoms with Crippen molar-refractivity contribution in [3.05, 3.63) is 30.3 Å². The molecule has 6 atom stereocenters. The second-order valence-electron chi connectivity index (χ2n) is 8.84. The molecule has 2 rings (SSSR count). The van der Waals surface area contributed by atoms with Crippen LogP contribution in [0.2, 0.25) is 0 Å². The summed E-state index contributed by atoms with van der Waals surface area (Å²) in [4.78, 5) is 72.3. The Hall–Kier alpha value is -3.65. The van der Waals surface area contributed by atoms with Crippen LogP contribution in [0.25, 0.3) is 0 Å². The van der Waals surface area contributed by atoms with Crippen molar-refractivity contribution in [3.63, 3.8) is 0 Å². The molecule has 0 spiro atoms. The van der Waals surface area contributed by atoms with Crippen molar-refractivity contribution in [2.45, 2.75) is 81.3 Å². The van der Waals surface area contributed by atoms with Crippen LogP contribution in [0.4, 0.5) is 0 Å². The maximum absolute atomic E-state index is 13.3. The van der Waals surface area contributed by atoms with E-state index < -0.39 is 77.8 Å². The first-order chi connectivity index (χ1) is 18.8. The fourth-order valence-electron chi connectivity index (χ4n) is 4.18. The number of thioether (sulfide) groups is 1. The third kappa shape index (κ3) is 9.23. The Morgan fingerprint density at radius 1 is 0.950 bits per heavy atom. The maximum Gasteiger partial charge on any atom is 0.349 e. The van der Waals surface area contributed by atoms with Crippen LogP contribution in [0.3, 0.4) is 0 Å². The van der Waals surface area contributed by atoms with E-state index in [0.29, 0.717) is 4.90 Å². The van der Waals surface area contributed by atoms with Crippen molar-refractivity contribution in [2.24, 2.45) is 0 Å². The number of hydrogen-bond acceptors (Lipinski definition) is 13. The predicted octanol–water partition coefficient (Wildman–Crippen LogP) is 1.30. The van der Waals surface area contributed by atoms with E-state index in [2.05, 4.69) is 5.32 Å². The summed E-state index contributed by atoms with van der Waals surface area (Å²) in [5, 5.41) is 2.63.